The summed E-state index contributed by atoms with van der Waals surface area (Å²) in [5, 5.41) is 3.71. The Morgan fingerprint density at radius 3 is 2.67 bits per heavy atom. The van der Waals surface area contributed by atoms with E-state index in [9.17, 15) is 0 Å². The van der Waals surface area contributed by atoms with E-state index in [-0.39, 0.29) is 0 Å². The quantitative estimate of drug-likeness (QED) is 0.713. The van der Waals surface area contributed by atoms with Crippen molar-refractivity contribution in [1.29, 1.82) is 0 Å². The number of hydrogen-bond donors (Lipinski definition) is 1. The van der Waals surface area contributed by atoms with Crippen molar-refractivity contribution >= 4 is 0 Å². The van der Waals surface area contributed by atoms with Gasteiger partial charge in [-0.25, -0.2) is 0 Å². The average Bonchev–Trinajstić information content (AvgIpc) is 2.35. The monoisotopic (exact) mass is 171 g/mol. The zero-order valence-electron chi connectivity index (χ0n) is 7.50. The highest BCUT2D eigenvalue weighted by atomic mass is 16.5. The van der Waals surface area contributed by atoms with E-state index in [1.54, 1.807) is 7.11 Å². The molecule has 0 radical (unpaired) electrons. The molecular formula is C7H13N3O2. The topological polar surface area (TPSA) is 74.2 Å². The lowest BCUT2D eigenvalue weighted by atomic mass is 10.1. The van der Waals surface area contributed by atoms with Crippen LogP contribution in [0, 0.1) is 0 Å². The average molecular weight is 171 g/mol. The van der Waals surface area contributed by atoms with E-state index in [0.717, 1.165) is 0 Å². The van der Waals surface area contributed by atoms with E-state index >= 15 is 0 Å². The van der Waals surface area contributed by atoms with Crippen molar-refractivity contribution in [1.82, 2.24) is 10.1 Å². The molecule has 0 aliphatic rings. The minimum Gasteiger partial charge on any atom is -0.375 e. The lowest BCUT2D eigenvalue weighted by Gasteiger charge is -2.11. The van der Waals surface area contributed by atoms with Crippen LogP contribution in [-0.4, -0.2) is 17.3 Å². The summed E-state index contributed by atoms with van der Waals surface area (Å²) in [5.74, 6) is 0.945. The van der Waals surface area contributed by atoms with Gasteiger partial charge in [-0.2, -0.15) is 4.98 Å². The van der Waals surface area contributed by atoms with Crippen LogP contribution < -0.4 is 5.73 Å². The highest BCUT2D eigenvalue weighted by molar-refractivity contribution is 4.98. The van der Waals surface area contributed by atoms with Gasteiger partial charge in [0.1, 0.15) is 6.61 Å². The number of hydrogen-bond acceptors (Lipinski definition) is 5. The van der Waals surface area contributed by atoms with Gasteiger partial charge in [0.05, 0.1) is 5.54 Å². The van der Waals surface area contributed by atoms with Crippen molar-refractivity contribution in [3.63, 3.8) is 0 Å². The predicted molar refractivity (Wildman–Crippen MR) is 42.2 cm³/mol. The summed E-state index contributed by atoms with van der Waals surface area (Å²) in [6.07, 6.45) is 0. The number of rotatable bonds is 3. The van der Waals surface area contributed by atoms with E-state index in [4.69, 9.17) is 15.0 Å². The molecule has 0 atom stereocenters. The lowest BCUT2D eigenvalue weighted by molar-refractivity contribution is 0.151. The van der Waals surface area contributed by atoms with Crippen LogP contribution >= 0.6 is 0 Å². The fraction of sp³-hybridized carbons (Fsp3) is 0.714. The van der Waals surface area contributed by atoms with Gasteiger partial charge >= 0.3 is 0 Å². The van der Waals surface area contributed by atoms with Crippen LogP contribution in [0.15, 0.2) is 4.52 Å². The third-order valence-electron chi connectivity index (χ3n) is 1.31. The van der Waals surface area contributed by atoms with Gasteiger partial charge in [-0.15, -0.1) is 0 Å². The van der Waals surface area contributed by atoms with Crippen molar-refractivity contribution in [3.05, 3.63) is 11.7 Å². The normalized spacial score (nSPS) is 12.0. The number of nitrogens with two attached hydrogens (primary N) is 1. The molecule has 1 aromatic rings. The van der Waals surface area contributed by atoms with Gasteiger partial charge < -0.3 is 15.0 Å². The van der Waals surface area contributed by atoms with Gasteiger partial charge in [-0.05, 0) is 13.8 Å². The maximum atomic E-state index is 5.74. The molecule has 2 N–H and O–H groups in total. The predicted octanol–water partition coefficient (Wildman–Crippen LogP) is 0.410. The molecule has 0 aromatic carbocycles. The first-order valence-corrected chi connectivity index (χ1v) is 3.65. The van der Waals surface area contributed by atoms with Crippen LogP contribution in [0.1, 0.15) is 25.6 Å². The Morgan fingerprint density at radius 2 is 2.25 bits per heavy atom. The molecule has 5 nitrogen and oxygen atoms in total. The lowest BCUT2D eigenvalue weighted by Crippen LogP contribution is -2.30. The maximum absolute atomic E-state index is 5.74. The molecule has 0 aliphatic carbocycles. The van der Waals surface area contributed by atoms with Gasteiger partial charge in [-0.3, -0.25) is 0 Å². The Labute approximate surface area is 70.9 Å². The smallest absolute Gasteiger partial charge is 0.252 e. The second kappa shape index (κ2) is 3.20. The van der Waals surface area contributed by atoms with Crippen molar-refractivity contribution in [2.24, 2.45) is 5.73 Å². The Bertz CT molecular complexity index is 251. The molecule has 0 fully saturated rings. The molecule has 0 aliphatic heterocycles. The summed E-state index contributed by atoms with van der Waals surface area (Å²) in [7, 11) is 1.57. The second-order valence-corrected chi connectivity index (χ2v) is 3.17. The van der Waals surface area contributed by atoms with Crippen molar-refractivity contribution in [3.8, 4) is 0 Å². The van der Waals surface area contributed by atoms with E-state index in [1.807, 2.05) is 13.8 Å². The Balaban J connectivity index is 2.77. The van der Waals surface area contributed by atoms with Crippen LogP contribution in [-0.2, 0) is 16.9 Å². The second-order valence-electron chi connectivity index (χ2n) is 3.17. The van der Waals surface area contributed by atoms with E-state index in [0.29, 0.717) is 18.3 Å². The molecule has 0 saturated carbocycles. The first kappa shape index (κ1) is 9.15. The van der Waals surface area contributed by atoms with Crippen molar-refractivity contribution in [2.45, 2.75) is 26.0 Å². The Kier molecular flexibility index (Phi) is 2.44. The molecule has 0 bridgehead atoms. The largest absolute Gasteiger partial charge is 0.375 e. The van der Waals surface area contributed by atoms with E-state index < -0.39 is 5.54 Å². The molecule has 0 amide bonds. The van der Waals surface area contributed by atoms with Crippen LogP contribution in [0.3, 0.4) is 0 Å². The molecule has 1 rings (SSSR count). The molecule has 0 saturated heterocycles. The summed E-state index contributed by atoms with van der Waals surface area (Å²) < 4.78 is 9.68. The molecule has 0 spiro atoms. The fourth-order valence-corrected chi connectivity index (χ4v) is 0.699. The number of nitrogens with zero attached hydrogens (tertiary/aromatic N) is 2. The van der Waals surface area contributed by atoms with Crippen LogP contribution in [0.25, 0.3) is 0 Å². The summed E-state index contributed by atoms with van der Waals surface area (Å²) in [6, 6.07) is 0. The van der Waals surface area contributed by atoms with Gasteiger partial charge in [-0.1, -0.05) is 5.16 Å². The molecule has 0 unspecified atom stereocenters. The zero-order valence-corrected chi connectivity index (χ0v) is 7.50. The van der Waals surface area contributed by atoms with Crippen LogP contribution in [0.4, 0.5) is 0 Å². The highest BCUT2D eigenvalue weighted by Crippen LogP contribution is 2.12. The molecule has 1 aromatic heterocycles. The van der Waals surface area contributed by atoms with Crippen LogP contribution in [0.5, 0.6) is 0 Å². The molecule has 1 heterocycles. The maximum Gasteiger partial charge on any atom is 0.252 e. The SMILES string of the molecule is COCc1nc(C(C)(C)N)no1. The molecule has 12 heavy (non-hydrogen) atoms. The minimum atomic E-state index is -0.560. The van der Waals surface area contributed by atoms with Crippen molar-refractivity contribution < 1.29 is 9.26 Å². The fourth-order valence-electron chi connectivity index (χ4n) is 0.699. The first-order chi connectivity index (χ1) is 5.54. The Morgan fingerprint density at radius 1 is 1.58 bits per heavy atom. The van der Waals surface area contributed by atoms with Gasteiger partial charge in [0, 0.05) is 7.11 Å². The first-order valence-electron chi connectivity index (χ1n) is 3.65. The third kappa shape index (κ3) is 2.02. The number of ether oxygens (including phenoxy) is 1. The third-order valence-corrected chi connectivity index (χ3v) is 1.31. The molecule has 5 heteroatoms. The van der Waals surface area contributed by atoms with Crippen LogP contribution in [0.2, 0.25) is 0 Å². The highest BCUT2D eigenvalue weighted by Gasteiger charge is 2.21. The summed E-state index contributed by atoms with van der Waals surface area (Å²) in [5.41, 5.74) is 5.18. The molecular weight excluding hydrogens is 158 g/mol. The summed E-state index contributed by atoms with van der Waals surface area (Å²) in [4.78, 5) is 4.04. The standard InChI is InChI=1S/C7H13N3O2/c1-7(2,8)6-9-5(4-11-3)12-10-6/h4,8H2,1-3H3. The van der Waals surface area contributed by atoms with Gasteiger partial charge in [0.25, 0.3) is 5.89 Å². The van der Waals surface area contributed by atoms with E-state index in [1.165, 1.54) is 0 Å². The minimum absolute atomic E-state index is 0.323. The van der Waals surface area contributed by atoms with Gasteiger partial charge in [0.15, 0.2) is 5.82 Å². The number of aromatic nitrogens is 2. The zero-order chi connectivity index (χ0) is 9.19. The van der Waals surface area contributed by atoms with Gasteiger partial charge in [0.2, 0.25) is 0 Å². The Hall–Kier alpha value is -0.940. The van der Waals surface area contributed by atoms with E-state index in [2.05, 4.69) is 10.1 Å². The number of methoxy groups -OCH3 is 1. The molecule has 68 valence electrons. The summed E-state index contributed by atoms with van der Waals surface area (Å²) in [6.45, 7) is 3.95. The van der Waals surface area contributed by atoms with Crippen molar-refractivity contribution in [2.75, 3.05) is 7.11 Å². The summed E-state index contributed by atoms with van der Waals surface area (Å²) >= 11 is 0.